The number of methoxy groups -OCH3 is 1. The van der Waals surface area contributed by atoms with Crippen LogP contribution in [0.5, 0.6) is 0 Å². The van der Waals surface area contributed by atoms with E-state index in [-0.39, 0.29) is 5.92 Å². The average Bonchev–Trinajstić information content (AvgIpc) is 2.49. The molecule has 2 rings (SSSR count). The van der Waals surface area contributed by atoms with E-state index < -0.39 is 12.0 Å². The zero-order valence-corrected chi connectivity index (χ0v) is 10.8. The lowest BCUT2D eigenvalue weighted by molar-refractivity contribution is -0.142. The highest BCUT2D eigenvalue weighted by molar-refractivity contribution is 5.77. The summed E-state index contributed by atoms with van der Waals surface area (Å²) in [6.07, 6.45) is 0. The molecule has 0 unspecified atom stereocenters. The first kappa shape index (κ1) is 13.3. The third-order valence-corrected chi connectivity index (χ3v) is 3.15. The van der Waals surface area contributed by atoms with Gasteiger partial charge in [0.05, 0.1) is 7.11 Å². The van der Waals surface area contributed by atoms with E-state index in [4.69, 9.17) is 10.5 Å². The standard InChI is InChI=1S/C16H17NO2/c1-19-16(18)15(17)14(12-8-4-2-5-9-12)13-10-6-3-7-11-13/h2-11,14-15H,17H2,1H3/t15-/m0/s1. The van der Waals surface area contributed by atoms with E-state index in [9.17, 15) is 4.79 Å². The maximum atomic E-state index is 11.8. The quantitative estimate of drug-likeness (QED) is 0.853. The van der Waals surface area contributed by atoms with Crippen LogP contribution < -0.4 is 5.73 Å². The molecular formula is C16H17NO2. The first-order chi connectivity index (χ1) is 9.24. The Morgan fingerprint density at radius 2 is 1.37 bits per heavy atom. The van der Waals surface area contributed by atoms with Crippen LogP contribution in [0.3, 0.4) is 0 Å². The molecule has 0 bridgehead atoms. The van der Waals surface area contributed by atoms with E-state index in [2.05, 4.69) is 0 Å². The molecule has 0 amide bonds. The Hall–Kier alpha value is -2.13. The summed E-state index contributed by atoms with van der Waals surface area (Å²) in [6.45, 7) is 0. The van der Waals surface area contributed by atoms with E-state index in [1.807, 2.05) is 60.7 Å². The molecule has 1 atom stereocenters. The molecule has 0 aliphatic rings. The number of carbonyl (C=O) groups is 1. The lowest BCUT2D eigenvalue weighted by Gasteiger charge is -2.23. The SMILES string of the molecule is COC(=O)[C@@H](N)C(c1ccccc1)c1ccccc1. The van der Waals surface area contributed by atoms with Gasteiger partial charge < -0.3 is 10.5 Å². The smallest absolute Gasteiger partial charge is 0.323 e. The number of nitrogens with two attached hydrogens (primary N) is 1. The fraction of sp³-hybridized carbons (Fsp3) is 0.188. The van der Waals surface area contributed by atoms with Gasteiger partial charge in [-0.25, -0.2) is 0 Å². The third kappa shape index (κ3) is 3.01. The van der Waals surface area contributed by atoms with Crippen LogP contribution in [0.1, 0.15) is 17.0 Å². The van der Waals surface area contributed by atoms with Gasteiger partial charge in [-0.05, 0) is 11.1 Å². The van der Waals surface area contributed by atoms with Crippen LogP contribution in [0.25, 0.3) is 0 Å². The van der Waals surface area contributed by atoms with Gasteiger partial charge >= 0.3 is 5.97 Å². The second-order valence-corrected chi connectivity index (χ2v) is 4.35. The van der Waals surface area contributed by atoms with E-state index in [0.717, 1.165) is 11.1 Å². The summed E-state index contributed by atoms with van der Waals surface area (Å²) < 4.78 is 4.77. The molecule has 2 N–H and O–H groups in total. The van der Waals surface area contributed by atoms with Gasteiger partial charge in [0, 0.05) is 5.92 Å². The van der Waals surface area contributed by atoms with Crippen molar-refractivity contribution in [1.82, 2.24) is 0 Å². The van der Waals surface area contributed by atoms with Crippen molar-refractivity contribution < 1.29 is 9.53 Å². The van der Waals surface area contributed by atoms with Crippen LogP contribution >= 0.6 is 0 Å². The average molecular weight is 255 g/mol. The molecule has 0 saturated heterocycles. The van der Waals surface area contributed by atoms with Crippen molar-refractivity contribution in [2.45, 2.75) is 12.0 Å². The van der Waals surface area contributed by atoms with Crippen LogP contribution in [-0.2, 0) is 9.53 Å². The summed E-state index contributed by atoms with van der Waals surface area (Å²) in [5, 5.41) is 0. The van der Waals surface area contributed by atoms with Crippen molar-refractivity contribution in [2.24, 2.45) is 5.73 Å². The fourth-order valence-electron chi connectivity index (χ4n) is 2.20. The van der Waals surface area contributed by atoms with Gasteiger partial charge in [0.2, 0.25) is 0 Å². The van der Waals surface area contributed by atoms with Crippen molar-refractivity contribution >= 4 is 5.97 Å². The van der Waals surface area contributed by atoms with Gasteiger partial charge in [0.15, 0.2) is 0 Å². The molecule has 19 heavy (non-hydrogen) atoms. The molecule has 0 aromatic heterocycles. The van der Waals surface area contributed by atoms with Gasteiger partial charge in [0.25, 0.3) is 0 Å². The molecule has 98 valence electrons. The van der Waals surface area contributed by atoms with E-state index in [1.54, 1.807) is 0 Å². The van der Waals surface area contributed by atoms with E-state index in [0.29, 0.717) is 0 Å². The normalized spacial score (nSPS) is 12.2. The Balaban J connectivity index is 2.43. The first-order valence-electron chi connectivity index (χ1n) is 6.17. The summed E-state index contributed by atoms with van der Waals surface area (Å²) in [5.74, 6) is -0.604. The molecule has 3 heteroatoms. The van der Waals surface area contributed by atoms with Gasteiger partial charge in [-0.1, -0.05) is 60.7 Å². The molecule has 0 saturated carbocycles. The Morgan fingerprint density at radius 3 is 1.74 bits per heavy atom. The molecular weight excluding hydrogens is 238 g/mol. The van der Waals surface area contributed by atoms with Crippen LogP contribution in [0.2, 0.25) is 0 Å². The van der Waals surface area contributed by atoms with Crippen LogP contribution in [0.4, 0.5) is 0 Å². The van der Waals surface area contributed by atoms with E-state index in [1.165, 1.54) is 7.11 Å². The van der Waals surface area contributed by atoms with Gasteiger partial charge in [0.1, 0.15) is 6.04 Å². The van der Waals surface area contributed by atoms with Gasteiger partial charge in [-0.2, -0.15) is 0 Å². The summed E-state index contributed by atoms with van der Waals surface area (Å²) >= 11 is 0. The predicted molar refractivity (Wildman–Crippen MR) is 74.7 cm³/mol. The van der Waals surface area contributed by atoms with E-state index >= 15 is 0 Å². The van der Waals surface area contributed by atoms with Crippen LogP contribution in [-0.4, -0.2) is 19.1 Å². The number of rotatable bonds is 4. The highest BCUT2D eigenvalue weighted by atomic mass is 16.5. The van der Waals surface area contributed by atoms with Gasteiger partial charge in [-0.15, -0.1) is 0 Å². The number of hydrogen-bond acceptors (Lipinski definition) is 3. The second-order valence-electron chi connectivity index (χ2n) is 4.35. The lowest BCUT2D eigenvalue weighted by atomic mass is 9.85. The molecule has 0 aliphatic carbocycles. The molecule has 0 fully saturated rings. The third-order valence-electron chi connectivity index (χ3n) is 3.15. The van der Waals surface area contributed by atoms with Gasteiger partial charge in [-0.3, -0.25) is 4.79 Å². The molecule has 2 aromatic carbocycles. The maximum Gasteiger partial charge on any atom is 0.323 e. The zero-order valence-electron chi connectivity index (χ0n) is 10.8. The summed E-state index contributed by atoms with van der Waals surface area (Å²) in [6, 6.07) is 18.8. The first-order valence-corrected chi connectivity index (χ1v) is 6.17. The summed E-state index contributed by atoms with van der Waals surface area (Å²) in [7, 11) is 1.36. The Labute approximate surface area is 113 Å². The predicted octanol–water partition coefficient (Wildman–Crippen LogP) is 2.32. The maximum absolute atomic E-state index is 11.8. The van der Waals surface area contributed by atoms with Crippen molar-refractivity contribution in [3.8, 4) is 0 Å². The van der Waals surface area contributed by atoms with Crippen molar-refractivity contribution in [1.29, 1.82) is 0 Å². The minimum Gasteiger partial charge on any atom is -0.468 e. The van der Waals surface area contributed by atoms with Crippen molar-refractivity contribution in [3.05, 3.63) is 71.8 Å². The number of carbonyl (C=O) groups excluding carboxylic acids is 1. The summed E-state index contributed by atoms with van der Waals surface area (Å²) in [5.41, 5.74) is 8.07. The Morgan fingerprint density at radius 1 is 0.947 bits per heavy atom. The number of hydrogen-bond donors (Lipinski definition) is 1. The molecule has 0 radical (unpaired) electrons. The number of ether oxygens (including phenoxy) is 1. The highest BCUT2D eigenvalue weighted by Gasteiger charge is 2.28. The lowest BCUT2D eigenvalue weighted by Crippen LogP contribution is -2.38. The Bertz CT molecular complexity index is 485. The second kappa shape index (κ2) is 6.16. The van der Waals surface area contributed by atoms with Crippen molar-refractivity contribution in [2.75, 3.05) is 7.11 Å². The minimum absolute atomic E-state index is 0.199. The molecule has 2 aromatic rings. The largest absolute Gasteiger partial charge is 0.468 e. The topological polar surface area (TPSA) is 52.3 Å². The van der Waals surface area contributed by atoms with Crippen molar-refractivity contribution in [3.63, 3.8) is 0 Å². The molecule has 0 aliphatic heterocycles. The number of benzene rings is 2. The van der Waals surface area contributed by atoms with Crippen LogP contribution in [0.15, 0.2) is 60.7 Å². The monoisotopic (exact) mass is 255 g/mol. The number of esters is 1. The Kier molecular flexibility index (Phi) is 4.31. The minimum atomic E-state index is -0.713. The fourth-order valence-corrected chi connectivity index (χ4v) is 2.20. The molecule has 3 nitrogen and oxygen atoms in total. The molecule has 0 spiro atoms. The molecule has 0 heterocycles. The zero-order chi connectivity index (χ0) is 13.7. The summed E-state index contributed by atoms with van der Waals surface area (Å²) in [4.78, 5) is 11.8. The highest BCUT2D eigenvalue weighted by Crippen LogP contribution is 2.27. The van der Waals surface area contributed by atoms with Crippen LogP contribution in [0, 0.1) is 0 Å².